The summed E-state index contributed by atoms with van der Waals surface area (Å²) in [5.41, 5.74) is 8.74. The molecule has 0 bridgehead atoms. The first kappa shape index (κ1) is 18.4. The van der Waals surface area contributed by atoms with E-state index in [1.807, 2.05) is 54.6 Å². The Morgan fingerprint density at radius 2 is 1.76 bits per heavy atom. The Kier molecular flexibility index (Phi) is 5.30. The molecule has 2 aromatic heterocycles. The Morgan fingerprint density at radius 3 is 2.59 bits per heavy atom. The van der Waals surface area contributed by atoms with E-state index < -0.39 is 0 Å². The quantitative estimate of drug-likeness (QED) is 0.381. The number of hydrogen-bond donors (Lipinski definition) is 4. The minimum Gasteiger partial charge on any atom is -0.396 e. The number of para-hydroxylation sites is 2. The largest absolute Gasteiger partial charge is 0.396 e. The number of hydrogen-bond acceptors (Lipinski definition) is 8. The second-order valence-electron chi connectivity index (χ2n) is 6.21. The summed E-state index contributed by atoms with van der Waals surface area (Å²) in [4.78, 5) is 12.8. The molecule has 29 heavy (non-hydrogen) atoms. The van der Waals surface area contributed by atoms with Gasteiger partial charge < -0.3 is 21.5 Å². The molecule has 0 aliphatic carbocycles. The minimum absolute atomic E-state index is 0.0564. The predicted molar refractivity (Wildman–Crippen MR) is 112 cm³/mol. The molecule has 2 aromatic carbocycles. The van der Waals surface area contributed by atoms with Crippen molar-refractivity contribution < 1.29 is 5.11 Å². The zero-order chi connectivity index (χ0) is 20.1. The highest BCUT2D eigenvalue weighted by Crippen LogP contribution is 2.22. The summed E-state index contributed by atoms with van der Waals surface area (Å²) in [7, 11) is 0. The molecule has 0 amide bonds. The van der Waals surface area contributed by atoms with Crippen molar-refractivity contribution in [2.45, 2.75) is 6.42 Å². The minimum atomic E-state index is 0.0564. The van der Waals surface area contributed by atoms with Crippen molar-refractivity contribution >= 4 is 29.1 Å². The number of nitrogens with one attached hydrogen (secondary N) is 2. The first-order chi connectivity index (χ1) is 14.2. The lowest BCUT2D eigenvalue weighted by Gasteiger charge is -2.08. The van der Waals surface area contributed by atoms with Crippen molar-refractivity contribution in [3.63, 3.8) is 0 Å². The molecule has 4 rings (SSSR count). The lowest BCUT2D eigenvalue weighted by Crippen LogP contribution is -2.06. The fraction of sp³-hybridized carbons (Fsp3) is 0.100. The van der Waals surface area contributed by atoms with Gasteiger partial charge in [0.05, 0.1) is 0 Å². The molecule has 0 atom stereocenters. The van der Waals surface area contributed by atoms with Crippen LogP contribution in [0.15, 0.2) is 67.0 Å². The van der Waals surface area contributed by atoms with E-state index in [4.69, 9.17) is 5.73 Å². The lowest BCUT2D eigenvalue weighted by molar-refractivity contribution is 0.300. The number of aromatic nitrogens is 5. The first-order valence-corrected chi connectivity index (χ1v) is 9.06. The average molecular weight is 388 g/mol. The number of anilines is 5. The van der Waals surface area contributed by atoms with E-state index >= 15 is 0 Å². The molecular weight excluding hydrogens is 368 g/mol. The van der Waals surface area contributed by atoms with Crippen molar-refractivity contribution in [2.24, 2.45) is 0 Å². The number of aliphatic hydroxyl groups is 1. The lowest BCUT2D eigenvalue weighted by atomic mass is 10.1. The second-order valence-corrected chi connectivity index (χ2v) is 6.21. The van der Waals surface area contributed by atoms with Gasteiger partial charge in [0.25, 0.3) is 0 Å². The van der Waals surface area contributed by atoms with E-state index in [2.05, 4.69) is 30.7 Å². The summed E-state index contributed by atoms with van der Waals surface area (Å²) in [6.45, 7) is 0.0564. The van der Waals surface area contributed by atoms with Gasteiger partial charge in [0.1, 0.15) is 12.1 Å². The van der Waals surface area contributed by atoms with Gasteiger partial charge in [-0.25, -0.2) is 9.97 Å². The molecule has 4 aromatic rings. The van der Waals surface area contributed by atoms with Crippen LogP contribution in [0, 0.1) is 0 Å². The summed E-state index contributed by atoms with van der Waals surface area (Å²) in [5.74, 6) is 1.62. The summed E-state index contributed by atoms with van der Waals surface area (Å²) < 4.78 is 1.44. The first-order valence-electron chi connectivity index (χ1n) is 9.06. The van der Waals surface area contributed by atoms with Crippen LogP contribution in [-0.4, -0.2) is 36.4 Å². The maximum Gasteiger partial charge on any atom is 0.248 e. The van der Waals surface area contributed by atoms with Crippen molar-refractivity contribution in [1.82, 2.24) is 24.7 Å². The molecule has 9 heteroatoms. The summed E-state index contributed by atoms with van der Waals surface area (Å²) in [6, 6.07) is 19.1. The van der Waals surface area contributed by atoms with Crippen LogP contribution in [0.25, 0.3) is 5.82 Å². The molecule has 0 aliphatic heterocycles. The molecule has 0 spiro atoms. The normalized spacial score (nSPS) is 10.7. The smallest absolute Gasteiger partial charge is 0.248 e. The maximum atomic E-state index is 9.24. The molecule has 0 aliphatic rings. The van der Waals surface area contributed by atoms with E-state index in [1.165, 1.54) is 11.0 Å². The third kappa shape index (κ3) is 4.30. The number of rotatable bonds is 7. The Morgan fingerprint density at radius 1 is 0.966 bits per heavy atom. The van der Waals surface area contributed by atoms with Crippen molar-refractivity contribution in [1.29, 1.82) is 0 Å². The van der Waals surface area contributed by atoms with Crippen molar-refractivity contribution in [3.8, 4) is 5.82 Å². The van der Waals surface area contributed by atoms with Crippen LogP contribution in [0.2, 0.25) is 0 Å². The van der Waals surface area contributed by atoms with Crippen LogP contribution >= 0.6 is 0 Å². The van der Waals surface area contributed by atoms with Gasteiger partial charge in [-0.3, -0.25) is 0 Å². The van der Waals surface area contributed by atoms with Gasteiger partial charge in [0.15, 0.2) is 5.82 Å². The van der Waals surface area contributed by atoms with Crippen LogP contribution in [-0.2, 0) is 6.42 Å². The fourth-order valence-corrected chi connectivity index (χ4v) is 2.85. The number of nitrogens with two attached hydrogens (primary N) is 1. The molecule has 146 valence electrons. The summed E-state index contributed by atoms with van der Waals surface area (Å²) in [5, 5.41) is 20.0. The van der Waals surface area contributed by atoms with Crippen LogP contribution in [0.3, 0.4) is 0 Å². The van der Waals surface area contributed by atoms with Gasteiger partial charge in [-0.05, 0) is 30.2 Å². The van der Waals surface area contributed by atoms with Gasteiger partial charge in [-0.15, -0.1) is 5.10 Å². The van der Waals surface area contributed by atoms with E-state index in [0.717, 1.165) is 16.9 Å². The molecule has 0 fully saturated rings. The molecule has 9 nitrogen and oxygen atoms in total. The topological polar surface area (TPSA) is 127 Å². The van der Waals surface area contributed by atoms with Crippen LogP contribution < -0.4 is 16.4 Å². The fourth-order valence-electron chi connectivity index (χ4n) is 2.85. The molecular formula is C20H20N8O. The highest BCUT2D eigenvalue weighted by molar-refractivity contribution is 5.60. The van der Waals surface area contributed by atoms with Crippen LogP contribution in [0.4, 0.5) is 29.1 Å². The van der Waals surface area contributed by atoms with Crippen LogP contribution in [0.1, 0.15) is 5.56 Å². The SMILES string of the molecule is Nc1nc(Nc2ccccc2CCO)nn1-c1cc(Nc2ccccc2)ncn1. The van der Waals surface area contributed by atoms with Crippen molar-refractivity contribution in [2.75, 3.05) is 23.0 Å². The van der Waals surface area contributed by atoms with E-state index in [0.29, 0.717) is 24.0 Å². The molecule has 2 heterocycles. The van der Waals surface area contributed by atoms with Gasteiger partial charge >= 0.3 is 0 Å². The number of benzene rings is 2. The molecule has 0 saturated heterocycles. The Balaban J connectivity index is 1.58. The molecule has 0 saturated carbocycles. The standard InChI is InChI=1S/C20H20N8O/c21-19-26-20(25-16-9-5-4-6-14(16)10-11-29)27-28(19)18-12-17(22-13-23-18)24-15-7-2-1-3-8-15/h1-9,12-13,29H,10-11H2,(H,22,23,24)(H3,21,25,26,27). The Hall–Kier alpha value is -3.98. The Bertz CT molecular complexity index is 1100. The van der Waals surface area contributed by atoms with E-state index in [-0.39, 0.29) is 12.6 Å². The van der Waals surface area contributed by atoms with Crippen molar-refractivity contribution in [3.05, 3.63) is 72.6 Å². The third-order valence-corrected chi connectivity index (χ3v) is 4.19. The predicted octanol–water partition coefficient (Wildman–Crippen LogP) is 2.66. The van der Waals surface area contributed by atoms with Gasteiger partial charge in [0.2, 0.25) is 11.9 Å². The van der Waals surface area contributed by atoms with E-state index in [1.54, 1.807) is 6.07 Å². The Labute approximate surface area is 167 Å². The second kappa shape index (κ2) is 8.36. The third-order valence-electron chi connectivity index (χ3n) is 4.19. The summed E-state index contributed by atoms with van der Waals surface area (Å²) >= 11 is 0. The highest BCUT2D eigenvalue weighted by Gasteiger charge is 2.12. The maximum absolute atomic E-state index is 9.24. The average Bonchev–Trinajstić information content (AvgIpc) is 3.11. The zero-order valence-corrected chi connectivity index (χ0v) is 15.5. The van der Waals surface area contributed by atoms with E-state index in [9.17, 15) is 5.11 Å². The van der Waals surface area contributed by atoms with Gasteiger partial charge in [0, 0.05) is 24.0 Å². The molecule has 0 unspecified atom stereocenters. The molecule has 5 N–H and O–H groups in total. The number of aliphatic hydroxyl groups excluding tert-OH is 1. The summed E-state index contributed by atoms with van der Waals surface area (Å²) in [6.07, 6.45) is 1.96. The van der Waals surface area contributed by atoms with Crippen LogP contribution in [0.5, 0.6) is 0 Å². The van der Waals surface area contributed by atoms with Gasteiger partial charge in [-0.1, -0.05) is 36.4 Å². The van der Waals surface area contributed by atoms with Gasteiger partial charge in [-0.2, -0.15) is 9.67 Å². The highest BCUT2D eigenvalue weighted by atomic mass is 16.2. The number of nitrogen functional groups attached to an aromatic ring is 1. The monoisotopic (exact) mass is 388 g/mol. The molecule has 0 radical (unpaired) electrons. The zero-order valence-electron chi connectivity index (χ0n) is 15.5. The number of nitrogens with zero attached hydrogens (tertiary/aromatic N) is 5.